The molecule has 1 aromatic carbocycles. The number of carbonyl (C=O) groups is 1. The molecular weight excluding hydrogens is 238 g/mol. The first kappa shape index (κ1) is 15.2. The van der Waals surface area contributed by atoms with E-state index in [2.05, 4.69) is 13.2 Å². The maximum atomic E-state index is 11.6. The Hall–Kier alpha value is -1.87. The van der Waals surface area contributed by atoms with Crippen LogP contribution in [0, 0.1) is 0 Å². The fourth-order valence-corrected chi connectivity index (χ4v) is 1.88. The van der Waals surface area contributed by atoms with Crippen molar-refractivity contribution in [3.63, 3.8) is 0 Å². The number of esters is 1. The molecule has 1 rings (SSSR count). The van der Waals surface area contributed by atoms with E-state index in [0.717, 1.165) is 11.1 Å². The Kier molecular flexibility index (Phi) is 6.61. The SMILES string of the molecule is C=CCN(CC(=O)OCC)Cc1ccccc1C=C. The summed E-state index contributed by atoms with van der Waals surface area (Å²) in [4.78, 5) is 13.5. The van der Waals surface area contributed by atoms with Gasteiger partial charge in [-0.25, -0.2) is 0 Å². The van der Waals surface area contributed by atoms with Crippen LogP contribution in [0.2, 0.25) is 0 Å². The van der Waals surface area contributed by atoms with Gasteiger partial charge in [0, 0.05) is 13.1 Å². The zero-order valence-corrected chi connectivity index (χ0v) is 11.5. The van der Waals surface area contributed by atoms with Crippen molar-refractivity contribution in [2.45, 2.75) is 13.5 Å². The van der Waals surface area contributed by atoms with Crippen molar-refractivity contribution in [1.82, 2.24) is 4.90 Å². The summed E-state index contributed by atoms with van der Waals surface area (Å²) in [5.74, 6) is -0.208. The number of hydrogen-bond acceptors (Lipinski definition) is 3. The smallest absolute Gasteiger partial charge is 0.320 e. The molecule has 0 radical (unpaired) electrons. The average Bonchev–Trinajstić information content (AvgIpc) is 2.40. The van der Waals surface area contributed by atoms with Gasteiger partial charge in [0.15, 0.2) is 0 Å². The summed E-state index contributed by atoms with van der Waals surface area (Å²) in [5.41, 5.74) is 2.23. The average molecular weight is 259 g/mol. The molecule has 3 nitrogen and oxygen atoms in total. The highest BCUT2D eigenvalue weighted by Gasteiger charge is 2.11. The van der Waals surface area contributed by atoms with Crippen molar-refractivity contribution in [3.8, 4) is 0 Å². The lowest BCUT2D eigenvalue weighted by Gasteiger charge is -2.20. The van der Waals surface area contributed by atoms with E-state index in [1.54, 1.807) is 6.08 Å². The number of nitrogens with zero attached hydrogens (tertiary/aromatic N) is 1. The first-order valence-electron chi connectivity index (χ1n) is 6.40. The summed E-state index contributed by atoms with van der Waals surface area (Å²) in [6, 6.07) is 8.01. The molecule has 0 aliphatic heterocycles. The van der Waals surface area contributed by atoms with Crippen LogP contribution < -0.4 is 0 Å². The highest BCUT2D eigenvalue weighted by atomic mass is 16.5. The third-order valence-electron chi connectivity index (χ3n) is 2.71. The van der Waals surface area contributed by atoms with Gasteiger partial charge < -0.3 is 4.74 Å². The Labute approximate surface area is 115 Å². The second-order valence-corrected chi connectivity index (χ2v) is 4.17. The van der Waals surface area contributed by atoms with Crippen LogP contribution in [0.15, 0.2) is 43.5 Å². The van der Waals surface area contributed by atoms with Crippen LogP contribution >= 0.6 is 0 Å². The monoisotopic (exact) mass is 259 g/mol. The number of benzene rings is 1. The van der Waals surface area contributed by atoms with Crippen molar-refractivity contribution in [3.05, 3.63) is 54.6 Å². The lowest BCUT2D eigenvalue weighted by Crippen LogP contribution is -2.31. The molecule has 0 saturated carbocycles. The van der Waals surface area contributed by atoms with Crippen molar-refractivity contribution >= 4 is 12.0 Å². The van der Waals surface area contributed by atoms with Gasteiger partial charge in [0.1, 0.15) is 0 Å². The van der Waals surface area contributed by atoms with E-state index in [4.69, 9.17) is 4.74 Å². The molecule has 0 heterocycles. The zero-order valence-electron chi connectivity index (χ0n) is 11.5. The summed E-state index contributed by atoms with van der Waals surface area (Å²) in [6.45, 7) is 11.3. The van der Waals surface area contributed by atoms with Gasteiger partial charge in [0.25, 0.3) is 0 Å². The predicted molar refractivity (Wildman–Crippen MR) is 78.6 cm³/mol. The molecule has 0 amide bonds. The van der Waals surface area contributed by atoms with Crippen LogP contribution in [0.4, 0.5) is 0 Å². The Morgan fingerprint density at radius 1 is 1.37 bits per heavy atom. The zero-order chi connectivity index (χ0) is 14.1. The predicted octanol–water partition coefficient (Wildman–Crippen LogP) is 2.88. The number of ether oxygens (including phenoxy) is 1. The quantitative estimate of drug-likeness (QED) is 0.531. The molecule has 0 aromatic heterocycles. The van der Waals surface area contributed by atoms with Gasteiger partial charge in [-0.15, -0.1) is 6.58 Å². The number of rotatable bonds is 8. The molecule has 0 atom stereocenters. The normalized spacial score (nSPS) is 10.2. The molecule has 0 spiro atoms. The molecule has 1 aromatic rings. The van der Waals surface area contributed by atoms with Crippen molar-refractivity contribution in [1.29, 1.82) is 0 Å². The fourth-order valence-electron chi connectivity index (χ4n) is 1.88. The number of hydrogen-bond donors (Lipinski definition) is 0. The Bertz CT molecular complexity index is 440. The largest absolute Gasteiger partial charge is 0.465 e. The molecule has 0 aliphatic carbocycles. The molecule has 0 fully saturated rings. The maximum Gasteiger partial charge on any atom is 0.320 e. The van der Waals surface area contributed by atoms with Gasteiger partial charge in [-0.3, -0.25) is 9.69 Å². The maximum absolute atomic E-state index is 11.6. The van der Waals surface area contributed by atoms with E-state index in [1.165, 1.54) is 0 Å². The van der Waals surface area contributed by atoms with E-state index in [1.807, 2.05) is 42.2 Å². The Balaban J connectivity index is 2.74. The van der Waals surface area contributed by atoms with Crippen molar-refractivity contribution < 1.29 is 9.53 Å². The lowest BCUT2D eigenvalue weighted by atomic mass is 10.1. The topological polar surface area (TPSA) is 29.5 Å². The minimum absolute atomic E-state index is 0.208. The molecule has 0 N–H and O–H groups in total. The summed E-state index contributed by atoms with van der Waals surface area (Å²) in [7, 11) is 0. The van der Waals surface area contributed by atoms with E-state index in [-0.39, 0.29) is 12.5 Å². The van der Waals surface area contributed by atoms with Crippen LogP contribution in [0.25, 0.3) is 6.08 Å². The first-order valence-corrected chi connectivity index (χ1v) is 6.40. The van der Waals surface area contributed by atoms with Crippen LogP contribution in [-0.2, 0) is 16.1 Å². The number of carbonyl (C=O) groups excluding carboxylic acids is 1. The van der Waals surface area contributed by atoms with E-state index >= 15 is 0 Å². The van der Waals surface area contributed by atoms with E-state index in [9.17, 15) is 4.79 Å². The van der Waals surface area contributed by atoms with Gasteiger partial charge >= 0.3 is 5.97 Å². The summed E-state index contributed by atoms with van der Waals surface area (Å²) >= 11 is 0. The van der Waals surface area contributed by atoms with E-state index < -0.39 is 0 Å². The molecule has 0 saturated heterocycles. The first-order chi connectivity index (χ1) is 9.21. The third-order valence-corrected chi connectivity index (χ3v) is 2.71. The Morgan fingerprint density at radius 3 is 2.74 bits per heavy atom. The minimum Gasteiger partial charge on any atom is -0.465 e. The van der Waals surface area contributed by atoms with Crippen LogP contribution in [0.3, 0.4) is 0 Å². The van der Waals surface area contributed by atoms with Gasteiger partial charge in [-0.1, -0.05) is 43.0 Å². The molecule has 102 valence electrons. The highest BCUT2D eigenvalue weighted by molar-refractivity contribution is 5.71. The summed E-state index contributed by atoms with van der Waals surface area (Å²) < 4.78 is 4.98. The molecular formula is C16H21NO2. The third kappa shape index (κ3) is 5.10. The lowest BCUT2D eigenvalue weighted by molar-refractivity contribution is -0.144. The minimum atomic E-state index is -0.208. The molecule has 0 bridgehead atoms. The van der Waals surface area contributed by atoms with Crippen LogP contribution in [0.5, 0.6) is 0 Å². The molecule has 0 aliphatic rings. The van der Waals surface area contributed by atoms with Crippen LogP contribution in [-0.4, -0.2) is 30.6 Å². The highest BCUT2D eigenvalue weighted by Crippen LogP contribution is 2.13. The summed E-state index contributed by atoms with van der Waals surface area (Å²) in [6.07, 6.45) is 3.61. The van der Waals surface area contributed by atoms with Gasteiger partial charge in [-0.05, 0) is 18.1 Å². The fraction of sp³-hybridized carbons (Fsp3) is 0.312. The van der Waals surface area contributed by atoms with Gasteiger partial charge in [-0.2, -0.15) is 0 Å². The summed E-state index contributed by atoms with van der Waals surface area (Å²) in [5, 5.41) is 0. The molecule has 3 heteroatoms. The second-order valence-electron chi connectivity index (χ2n) is 4.17. The Morgan fingerprint density at radius 2 is 2.11 bits per heavy atom. The van der Waals surface area contributed by atoms with Crippen LogP contribution in [0.1, 0.15) is 18.1 Å². The molecule has 0 unspecified atom stereocenters. The van der Waals surface area contributed by atoms with Gasteiger partial charge in [0.2, 0.25) is 0 Å². The second kappa shape index (κ2) is 8.27. The van der Waals surface area contributed by atoms with Gasteiger partial charge in [0.05, 0.1) is 13.2 Å². The van der Waals surface area contributed by atoms with E-state index in [0.29, 0.717) is 19.7 Å². The molecule has 19 heavy (non-hydrogen) atoms. The standard InChI is InChI=1S/C16H21NO2/c1-4-11-17(13-16(18)19-6-3)12-15-10-8-7-9-14(15)5-2/h4-5,7-10H,1-2,6,11-13H2,3H3. The van der Waals surface area contributed by atoms with Crippen molar-refractivity contribution in [2.75, 3.05) is 19.7 Å². The van der Waals surface area contributed by atoms with Crippen molar-refractivity contribution in [2.24, 2.45) is 0 Å².